The van der Waals surface area contributed by atoms with Crippen LogP contribution in [-0.2, 0) is 4.74 Å². The van der Waals surface area contributed by atoms with Crippen LogP contribution in [0.1, 0.15) is 83.5 Å². The van der Waals surface area contributed by atoms with Gasteiger partial charge in [-0.05, 0) is 130 Å². The molecule has 0 aromatic rings. The van der Waals surface area contributed by atoms with Crippen molar-refractivity contribution < 1.29 is 4.74 Å². The molecule has 0 radical (unpaired) electrons. The smallest absolute Gasteiger partial charge is 0.101 e. The van der Waals surface area contributed by atoms with Crippen LogP contribution in [0.2, 0.25) is 0 Å². The first kappa shape index (κ1) is 24.5. The number of fused-ring (bicyclic) bond motifs is 10. The van der Waals surface area contributed by atoms with Crippen LogP contribution >= 0.6 is 0 Å². The van der Waals surface area contributed by atoms with E-state index in [0.717, 1.165) is 30.1 Å². The van der Waals surface area contributed by atoms with E-state index < -0.39 is 0 Å². The monoisotopic (exact) mass is 460 g/mol. The Hall–Kier alpha value is -0.200. The molecule has 9 rings (SSSR count). The van der Waals surface area contributed by atoms with Crippen LogP contribution < -0.4 is 0 Å². The fourth-order valence-electron chi connectivity index (χ4n) is 7.85. The number of likely N-dealkylation sites (tertiary alicyclic amines) is 1. The van der Waals surface area contributed by atoms with Gasteiger partial charge in [0.25, 0.3) is 0 Å². The fraction of sp³-hybridized carbons (Fsp3) is 1.00. The number of hydrogen-bond acceptors (Lipinski definition) is 5. The zero-order chi connectivity index (χ0) is 22.8. The molecular formula is C28H52N4O. The minimum atomic E-state index is 0.637. The van der Waals surface area contributed by atoms with E-state index >= 15 is 0 Å². The third-order valence-electron chi connectivity index (χ3n) is 10.3. The van der Waals surface area contributed by atoms with Crippen molar-refractivity contribution >= 4 is 0 Å². The normalized spacial score (nSPS) is 45.2. The first-order valence-corrected chi connectivity index (χ1v) is 14.6. The van der Waals surface area contributed by atoms with Gasteiger partial charge >= 0.3 is 0 Å². The molecule has 5 nitrogen and oxygen atoms in total. The van der Waals surface area contributed by atoms with Gasteiger partial charge in [-0.15, -0.1) is 0 Å². The number of rotatable bonds is 0. The third-order valence-corrected chi connectivity index (χ3v) is 10.3. The fourth-order valence-corrected chi connectivity index (χ4v) is 7.85. The predicted octanol–water partition coefficient (Wildman–Crippen LogP) is 4.07. The molecule has 6 bridgehead atoms. The Balaban J connectivity index is 0.0000000938. The van der Waals surface area contributed by atoms with Crippen molar-refractivity contribution in [2.24, 2.45) is 5.92 Å². The number of morpholine rings is 1. The Kier molecular flexibility index (Phi) is 8.34. The molecule has 5 heteroatoms. The van der Waals surface area contributed by atoms with E-state index in [-0.39, 0.29) is 0 Å². The zero-order valence-corrected chi connectivity index (χ0v) is 22.0. The Morgan fingerprint density at radius 3 is 1.36 bits per heavy atom. The van der Waals surface area contributed by atoms with Crippen LogP contribution in [0.3, 0.4) is 0 Å². The van der Waals surface area contributed by atoms with Crippen molar-refractivity contribution in [2.75, 3.05) is 53.9 Å². The number of hydrogen-bond donors (Lipinski definition) is 0. The first-order chi connectivity index (χ1) is 16.1. The van der Waals surface area contributed by atoms with Crippen molar-refractivity contribution in [3.8, 4) is 0 Å². The van der Waals surface area contributed by atoms with Gasteiger partial charge in [0.1, 0.15) is 12.2 Å². The summed E-state index contributed by atoms with van der Waals surface area (Å²) in [5, 5.41) is 0. The van der Waals surface area contributed by atoms with E-state index in [1.54, 1.807) is 0 Å². The maximum absolute atomic E-state index is 5.55. The van der Waals surface area contributed by atoms with Gasteiger partial charge in [-0.1, -0.05) is 12.8 Å². The second-order valence-corrected chi connectivity index (χ2v) is 12.4. The molecule has 9 fully saturated rings. The first-order valence-electron chi connectivity index (χ1n) is 14.6. The van der Waals surface area contributed by atoms with Crippen molar-refractivity contribution in [2.45, 2.75) is 120 Å². The molecule has 9 saturated heterocycles. The molecule has 9 aliphatic rings. The van der Waals surface area contributed by atoms with Crippen LogP contribution in [-0.4, -0.2) is 110 Å². The SMILES string of the molecule is C1CN2CCC1CC2.CN1C2CCCC1C1OC12.CN1C2CCCC1CC2.CN1CCCC1. The van der Waals surface area contributed by atoms with Gasteiger partial charge in [-0.3, -0.25) is 4.90 Å². The standard InChI is InChI=1S/C8H13NO.C8H15N.C7H13N.C5H11N/c1-9-5-3-2-4-6(9)8-7(5)10-8;1-9-7-3-2-4-8(9)6-5-7;1-4-8-5-2-7(1)3-6-8;1-6-4-2-3-5-6/h5-8H,2-4H2,1H3;7-8H,2-6H2,1H3;7H,1-6H2;2-5H2,1H3. The number of likely N-dealkylation sites (N-methyl/N-ethyl adjacent to an activating group) is 1. The van der Waals surface area contributed by atoms with Crippen molar-refractivity contribution in [1.29, 1.82) is 0 Å². The summed E-state index contributed by atoms with van der Waals surface area (Å²) >= 11 is 0. The van der Waals surface area contributed by atoms with Crippen molar-refractivity contribution in [1.82, 2.24) is 19.6 Å². The minimum absolute atomic E-state index is 0.637. The van der Waals surface area contributed by atoms with E-state index in [1.807, 2.05) is 0 Å². The highest BCUT2D eigenvalue weighted by Crippen LogP contribution is 2.47. The quantitative estimate of drug-likeness (QED) is 0.508. The highest BCUT2D eigenvalue weighted by molar-refractivity contribution is 5.12. The molecule has 33 heavy (non-hydrogen) atoms. The maximum Gasteiger partial charge on any atom is 0.101 e. The van der Waals surface area contributed by atoms with Gasteiger partial charge in [0.2, 0.25) is 0 Å². The summed E-state index contributed by atoms with van der Waals surface area (Å²) in [6.45, 7) is 6.82. The topological polar surface area (TPSA) is 25.5 Å². The molecule has 190 valence electrons. The molecule has 9 heterocycles. The zero-order valence-electron chi connectivity index (χ0n) is 22.0. The van der Waals surface area contributed by atoms with Crippen LogP contribution in [0.15, 0.2) is 0 Å². The summed E-state index contributed by atoms with van der Waals surface area (Å²) in [4.78, 5) is 10.1. The molecule has 0 aliphatic carbocycles. The Morgan fingerprint density at radius 2 is 1.03 bits per heavy atom. The van der Waals surface area contributed by atoms with E-state index in [0.29, 0.717) is 12.2 Å². The van der Waals surface area contributed by atoms with Crippen LogP contribution in [0.5, 0.6) is 0 Å². The molecule has 6 atom stereocenters. The number of epoxide rings is 1. The van der Waals surface area contributed by atoms with E-state index in [1.165, 1.54) is 116 Å². The average molecular weight is 461 g/mol. The van der Waals surface area contributed by atoms with Gasteiger partial charge in [0, 0.05) is 24.2 Å². The molecule has 9 aliphatic heterocycles. The summed E-state index contributed by atoms with van der Waals surface area (Å²) in [5.41, 5.74) is 0. The van der Waals surface area contributed by atoms with E-state index in [2.05, 4.69) is 40.7 Å². The molecule has 0 aromatic carbocycles. The molecule has 0 aromatic heterocycles. The lowest BCUT2D eigenvalue weighted by Crippen LogP contribution is -2.41. The van der Waals surface area contributed by atoms with Gasteiger partial charge in [0.05, 0.1) is 0 Å². The summed E-state index contributed by atoms with van der Waals surface area (Å²) < 4.78 is 5.55. The van der Waals surface area contributed by atoms with Gasteiger partial charge in [-0.25, -0.2) is 0 Å². The van der Waals surface area contributed by atoms with E-state index in [4.69, 9.17) is 4.74 Å². The Bertz CT molecular complexity index is 548. The third kappa shape index (κ3) is 5.97. The minimum Gasteiger partial charge on any atom is -0.366 e. The number of ether oxygens (including phenoxy) is 1. The van der Waals surface area contributed by atoms with Crippen molar-refractivity contribution in [3.05, 3.63) is 0 Å². The van der Waals surface area contributed by atoms with Crippen LogP contribution in [0.4, 0.5) is 0 Å². The predicted molar refractivity (Wildman–Crippen MR) is 137 cm³/mol. The lowest BCUT2D eigenvalue weighted by molar-refractivity contribution is 0.0755. The summed E-state index contributed by atoms with van der Waals surface area (Å²) in [6.07, 6.45) is 20.1. The van der Waals surface area contributed by atoms with Crippen molar-refractivity contribution in [3.63, 3.8) is 0 Å². The second kappa shape index (κ2) is 11.2. The van der Waals surface area contributed by atoms with E-state index in [9.17, 15) is 0 Å². The molecule has 6 unspecified atom stereocenters. The lowest BCUT2D eigenvalue weighted by atomic mass is 9.89. The van der Waals surface area contributed by atoms with Gasteiger partial charge in [-0.2, -0.15) is 0 Å². The lowest BCUT2D eigenvalue weighted by Gasteiger charge is -2.38. The summed E-state index contributed by atoms with van der Waals surface area (Å²) in [5.74, 6) is 1.11. The molecule has 0 N–H and O–H groups in total. The number of nitrogens with zero attached hydrogens (tertiary/aromatic N) is 4. The van der Waals surface area contributed by atoms with Crippen LogP contribution in [0.25, 0.3) is 0 Å². The molecule has 0 saturated carbocycles. The number of piperidine rings is 5. The maximum atomic E-state index is 5.55. The summed E-state index contributed by atoms with van der Waals surface area (Å²) in [7, 11) is 6.72. The summed E-state index contributed by atoms with van der Waals surface area (Å²) in [6, 6.07) is 3.49. The Labute approximate surface area is 204 Å². The molecule has 0 amide bonds. The molecule has 0 spiro atoms. The average Bonchev–Trinajstić information content (AvgIpc) is 3.42. The largest absolute Gasteiger partial charge is 0.366 e. The molecular weight excluding hydrogens is 408 g/mol. The van der Waals surface area contributed by atoms with Crippen LogP contribution in [0, 0.1) is 5.92 Å². The van der Waals surface area contributed by atoms with Gasteiger partial charge in [0.15, 0.2) is 0 Å². The van der Waals surface area contributed by atoms with Gasteiger partial charge < -0.3 is 19.4 Å². The second-order valence-electron chi connectivity index (χ2n) is 12.4. The Morgan fingerprint density at radius 1 is 0.515 bits per heavy atom. The highest BCUT2D eigenvalue weighted by atomic mass is 16.6. The highest BCUT2D eigenvalue weighted by Gasteiger charge is 2.60.